The number of rotatable bonds is 2. The van der Waals surface area contributed by atoms with Gasteiger partial charge < -0.3 is 15.3 Å². The lowest BCUT2D eigenvalue weighted by atomic mass is 10.3. The van der Waals surface area contributed by atoms with E-state index < -0.39 is 0 Å². The Bertz CT molecular complexity index is 368. The predicted octanol–water partition coefficient (Wildman–Crippen LogP) is 2.53. The molecule has 1 aromatic rings. The second kappa shape index (κ2) is 4.89. The van der Waals surface area contributed by atoms with Gasteiger partial charge >= 0.3 is 6.03 Å². The third kappa shape index (κ3) is 3.02. The van der Waals surface area contributed by atoms with Crippen LogP contribution in [0.4, 0.5) is 10.5 Å². The highest BCUT2D eigenvalue weighted by Crippen LogP contribution is 2.26. The van der Waals surface area contributed by atoms with E-state index in [1.165, 1.54) is 17.0 Å². The average Bonchev–Trinajstić information content (AvgIpc) is 2.22. The van der Waals surface area contributed by atoms with Crippen LogP contribution in [0.1, 0.15) is 6.92 Å². The van der Waals surface area contributed by atoms with Crippen LogP contribution in [0.3, 0.4) is 0 Å². The highest BCUT2D eigenvalue weighted by atomic mass is 35.5. The Morgan fingerprint density at radius 2 is 2.27 bits per heavy atom. The van der Waals surface area contributed by atoms with Crippen molar-refractivity contribution in [2.45, 2.75) is 6.92 Å². The molecule has 0 atom stereocenters. The van der Waals surface area contributed by atoms with Gasteiger partial charge in [-0.15, -0.1) is 0 Å². The Hall–Kier alpha value is -1.42. The molecule has 5 heteroatoms. The summed E-state index contributed by atoms with van der Waals surface area (Å²) in [5.41, 5.74) is 0.516. The molecule has 1 aromatic carbocycles. The van der Waals surface area contributed by atoms with Crippen molar-refractivity contribution in [1.82, 2.24) is 4.90 Å². The lowest BCUT2D eigenvalue weighted by Gasteiger charge is -2.15. The predicted molar refractivity (Wildman–Crippen MR) is 60.4 cm³/mol. The number of amides is 2. The number of carbonyl (C=O) groups is 1. The maximum Gasteiger partial charge on any atom is 0.321 e. The van der Waals surface area contributed by atoms with E-state index in [9.17, 15) is 9.90 Å². The number of nitrogens with one attached hydrogen (secondary N) is 1. The van der Waals surface area contributed by atoms with Crippen molar-refractivity contribution in [1.29, 1.82) is 0 Å². The van der Waals surface area contributed by atoms with Gasteiger partial charge in [-0.25, -0.2) is 4.79 Å². The summed E-state index contributed by atoms with van der Waals surface area (Å²) in [5, 5.41) is 12.2. The minimum Gasteiger partial charge on any atom is -0.506 e. The molecule has 0 spiro atoms. The topological polar surface area (TPSA) is 52.6 Å². The summed E-state index contributed by atoms with van der Waals surface area (Å²) in [6.45, 7) is 2.49. The van der Waals surface area contributed by atoms with Crippen molar-refractivity contribution in [3.8, 4) is 5.75 Å². The van der Waals surface area contributed by atoms with Gasteiger partial charge in [0.25, 0.3) is 0 Å². The molecule has 4 nitrogen and oxygen atoms in total. The van der Waals surface area contributed by atoms with E-state index in [2.05, 4.69) is 5.32 Å². The summed E-state index contributed by atoms with van der Waals surface area (Å²) in [6.07, 6.45) is 0. The first-order chi connectivity index (χ1) is 7.04. The Morgan fingerprint density at radius 1 is 1.60 bits per heavy atom. The number of carbonyl (C=O) groups excluding carboxylic acids is 1. The quantitative estimate of drug-likeness (QED) is 0.817. The summed E-state index contributed by atoms with van der Waals surface area (Å²) in [4.78, 5) is 13.0. The fourth-order valence-electron chi connectivity index (χ4n) is 0.953. The first-order valence-corrected chi connectivity index (χ1v) is 4.93. The Kier molecular flexibility index (Phi) is 3.80. The fraction of sp³-hybridized carbons (Fsp3) is 0.300. The minimum absolute atomic E-state index is 0.0476. The van der Waals surface area contributed by atoms with Crippen molar-refractivity contribution >= 4 is 23.3 Å². The number of urea groups is 1. The van der Waals surface area contributed by atoms with Gasteiger partial charge in [0.1, 0.15) is 5.75 Å². The summed E-state index contributed by atoms with van der Waals surface area (Å²) in [6, 6.07) is 4.34. The number of benzene rings is 1. The molecule has 0 radical (unpaired) electrons. The lowest BCUT2D eigenvalue weighted by molar-refractivity contribution is 0.224. The van der Waals surface area contributed by atoms with Gasteiger partial charge in [-0.3, -0.25) is 0 Å². The third-order valence-corrected chi connectivity index (χ3v) is 2.34. The number of aromatic hydroxyl groups is 1. The van der Waals surface area contributed by atoms with Crippen LogP contribution in [0.5, 0.6) is 5.75 Å². The summed E-state index contributed by atoms with van der Waals surface area (Å²) < 4.78 is 0. The van der Waals surface area contributed by atoms with Crippen LogP contribution in [-0.2, 0) is 0 Å². The molecule has 2 amide bonds. The number of anilines is 1. The molecule has 2 N–H and O–H groups in total. The molecule has 0 aromatic heterocycles. The molecule has 0 aliphatic carbocycles. The lowest BCUT2D eigenvalue weighted by Crippen LogP contribution is -2.30. The van der Waals surface area contributed by atoms with Crippen LogP contribution in [0, 0.1) is 0 Å². The molecule has 82 valence electrons. The van der Waals surface area contributed by atoms with E-state index in [4.69, 9.17) is 11.6 Å². The van der Waals surface area contributed by atoms with Crippen molar-refractivity contribution in [3.05, 3.63) is 23.2 Å². The number of nitrogens with zero attached hydrogens (tertiary/aromatic N) is 1. The molecule has 0 fully saturated rings. The molecule has 0 saturated heterocycles. The van der Waals surface area contributed by atoms with Crippen LogP contribution in [0.25, 0.3) is 0 Å². The number of hydrogen-bond donors (Lipinski definition) is 2. The van der Waals surface area contributed by atoms with Crippen molar-refractivity contribution in [3.63, 3.8) is 0 Å². The maximum absolute atomic E-state index is 11.4. The Morgan fingerprint density at radius 3 is 2.80 bits per heavy atom. The first-order valence-electron chi connectivity index (χ1n) is 4.55. The van der Waals surface area contributed by atoms with Crippen LogP contribution in [0.2, 0.25) is 5.02 Å². The van der Waals surface area contributed by atoms with Crippen LogP contribution in [0.15, 0.2) is 18.2 Å². The highest BCUT2D eigenvalue weighted by Gasteiger charge is 2.07. The molecule has 0 aliphatic rings. The maximum atomic E-state index is 11.4. The van der Waals surface area contributed by atoms with E-state index in [-0.39, 0.29) is 16.8 Å². The summed E-state index contributed by atoms with van der Waals surface area (Å²) in [5.74, 6) is -0.0476. The molecule has 0 aliphatic heterocycles. The molecule has 15 heavy (non-hydrogen) atoms. The van der Waals surface area contributed by atoms with Gasteiger partial charge in [0.05, 0.1) is 5.02 Å². The zero-order chi connectivity index (χ0) is 11.4. The molecule has 1 rings (SSSR count). The number of halogens is 1. The molecule has 0 saturated carbocycles. The van der Waals surface area contributed by atoms with Gasteiger partial charge in [-0.1, -0.05) is 11.6 Å². The van der Waals surface area contributed by atoms with E-state index >= 15 is 0 Å². The fourth-order valence-corrected chi connectivity index (χ4v) is 1.07. The first kappa shape index (κ1) is 11.7. The smallest absolute Gasteiger partial charge is 0.321 e. The second-order valence-corrected chi connectivity index (χ2v) is 3.52. The number of phenolic OH excluding ortho intramolecular Hbond substituents is 1. The molecular formula is C10H13ClN2O2. The average molecular weight is 229 g/mol. The van der Waals surface area contributed by atoms with Gasteiger partial charge in [-0.2, -0.15) is 0 Å². The molecule has 0 unspecified atom stereocenters. The van der Waals surface area contributed by atoms with Crippen LogP contribution >= 0.6 is 11.6 Å². The van der Waals surface area contributed by atoms with E-state index in [1.54, 1.807) is 13.1 Å². The van der Waals surface area contributed by atoms with Crippen molar-refractivity contribution in [2.75, 3.05) is 18.9 Å². The van der Waals surface area contributed by atoms with E-state index in [1.807, 2.05) is 6.92 Å². The largest absolute Gasteiger partial charge is 0.506 e. The zero-order valence-corrected chi connectivity index (χ0v) is 9.38. The number of phenols is 1. The van der Waals surface area contributed by atoms with Crippen LogP contribution < -0.4 is 5.32 Å². The third-order valence-electron chi connectivity index (χ3n) is 2.02. The van der Waals surface area contributed by atoms with Gasteiger partial charge in [0, 0.05) is 25.3 Å². The van der Waals surface area contributed by atoms with Gasteiger partial charge in [0.2, 0.25) is 0 Å². The minimum atomic E-state index is -0.223. The normalized spacial score (nSPS) is 9.80. The SMILES string of the molecule is CCN(C)C(=O)Nc1ccc(Cl)c(O)c1. The second-order valence-electron chi connectivity index (χ2n) is 3.11. The van der Waals surface area contributed by atoms with Crippen molar-refractivity contribution < 1.29 is 9.90 Å². The number of hydrogen-bond acceptors (Lipinski definition) is 2. The zero-order valence-electron chi connectivity index (χ0n) is 8.62. The van der Waals surface area contributed by atoms with Gasteiger partial charge in [-0.05, 0) is 19.1 Å². The standard InChI is InChI=1S/C10H13ClN2O2/c1-3-13(2)10(15)12-7-4-5-8(11)9(14)6-7/h4-6,14H,3H2,1-2H3,(H,12,15). The van der Waals surface area contributed by atoms with Crippen molar-refractivity contribution in [2.24, 2.45) is 0 Å². The molecular weight excluding hydrogens is 216 g/mol. The highest BCUT2D eigenvalue weighted by molar-refractivity contribution is 6.32. The Labute approximate surface area is 93.5 Å². The monoisotopic (exact) mass is 228 g/mol. The molecule has 0 heterocycles. The molecule has 0 bridgehead atoms. The van der Waals surface area contributed by atoms with Crippen LogP contribution in [-0.4, -0.2) is 29.6 Å². The van der Waals surface area contributed by atoms with E-state index in [0.717, 1.165) is 0 Å². The van der Waals surface area contributed by atoms with Gasteiger partial charge in [0.15, 0.2) is 0 Å². The van der Waals surface area contributed by atoms with E-state index in [0.29, 0.717) is 12.2 Å². The summed E-state index contributed by atoms with van der Waals surface area (Å²) in [7, 11) is 1.69. The summed E-state index contributed by atoms with van der Waals surface area (Å²) >= 11 is 5.63. The Balaban J connectivity index is 2.73.